The van der Waals surface area contributed by atoms with Crippen LogP contribution in [0.25, 0.3) is 10.9 Å². The Balaban J connectivity index is 1.82. The molecule has 3 nitrogen and oxygen atoms in total. The molecule has 1 fully saturated rings. The minimum absolute atomic E-state index is 0.186. The third kappa shape index (κ3) is 2.13. The van der Waals surface area contributed by atoms with Gasteiger partial charge in [-0.05, 0) is 30.5 Å². The Hall–Kier alpha value is -1.90. The zero-order valence-electron chi connectivity index (χ0n) is 9.52. The minimum atomic E-state index is 0.186. The highest BCUT2D eigenvalue weighted by Gasteiger charge is 2.29. The first kappa shape index (κ1) is 10.3. The highest BCUT2D eigenvalue weighted by molar-refractivity contribution is 5.84. The van der Waals surface area contributed by atoms with Crippen LogP contribution in [0.1, 0.15) is 18.4 Å². The molecule has 0 spiro atoms. The standard InChI is InChI=1S/C14H14N2O/c17-14(10-5-6-10)16-9-11-7-8-15-13-4-2-1-3-12(11)13/h1-4,7-8,10H,5-6,9H2,(H,16,17). The summed E-state index contributed by atoms with van der Waals surface area (Å²) in [5.41, 5.74) is 2.11. The molecule has 1 aliphatic carbocycles. The van der Waals surface area contributed by atoms with E-state index in [9.17, 15) is 4.79 Å². The summed E-state index contributed by atoms with van der Waals surface area (Å²) >= 11 is 0. The van der Waals surface area contributed by atoms with Gasteiger partial charge in [0, 0.05) is 24.0 Å². The van der Waals surface area contributed by atoms with E-state index in [4.69, 9.17) is 0 Å². The number of nitrogens with one attached hydrogen (secondary N) is 1. The fraction of sp³-hybridized carbons (Fsp3) is 0.286. The number of para-hydroxylation sites is 1. The molecule has 0 saturated heterocycles. The van der Waals surface area contributed by atoms with Gasteiger partial charge in [-0.3, -0.25) is 9.78 Å². The first-order valence-electron chi connectivity index (χ1n) is 5.95. The van der Waals surface area contributed by atoms with Crippen molar-refractivity contribution in [1.29, 1.82) is 0 Å². The third-order valence-corrected chi connectivity index (χ3v) is 3.14. The smallest absolute Gasteiger partial charge is 0.223 e. The Morgan fingerprint density at radius 3 is 2.94 bits per heavy atom. The molecule has 1 saturated carbocycles. The topological polar surface area (TPSA) is 42.0 Å². The molecule has 1 aromatic carbocycles. The second-order valence-corrected chi connectivity index (χ2v) is 4.48. The van der Waals surface area contributed by atoms with Crippen LogP contribution in [0.3, 0.4) is 0 Å². The van der Waals surface area contributed by atoms with Gasteiger partial charge in [0.05, 0.1) is 5.52 Å². The monoisotopic (exact) mass is 226 g/mol. The van der Waals surface area contributed by atoms with Crippen molar-refractivity contribution in [2.45, 2.75) is 19.4 Å². The molecule has 0 unspecified atom stereocenters. The molecular weight excluding hydrogens is 212 g/mol. The first-order chi connectivity index (χ1) is 8.34. The van der Waals surface area contributed by atoms with Gasteiger partial charge in [0.1, 0.15) is 0 Å². The number of rotatable bonds is 3. The molecule has 1 amide bonds. The number of aromatic nitrogens is 1. The van der Waals surface area contributed by atoms with Crippen LogP contribution in [-0.4, -0.2) is 10.9 Å². The first-order valence-corrected chi connectivity index (χ1v) is 5.95. The zero-order chi connectivity index (χ0) is 11.7. The summed E-state index contributed by atoms with van der Waals surface area (Å²) in [4.78, 5) is 15.9. The van der Waals surface area contributed by atoms with Crippen LogP contribution >= 0.6 is 0 Å². The lowest BCUT2D eigenvalue weighted by molar-refractivity contribution is -0.122. The maximum atomic E-state index is 11.6. The average molecular weight is 226 g/mol. The molecule has 3 heteroatoms. The largest absolute Gasteiger partial charge is 0.352 e. The van der Waals surface area contributed by atoms with E-state index in [2.05, 4.69) is 10.3 Å². The van der Waals surface area contributed by atoms with Crippen LogP contribution in [0.5, 0.6) is 0 Å². The number of amides is 1. The SMILES string of the molecule is O=C(NCc1ccnc2ccccc12)C1CC1. The quantitative estimate of drug-likeness (QED) is 0.872. The van der Waals surface area contributed by atoms with Crippen LogP contribution in [0.2, 0.25) is 0 Å². The van der Waals surface area contributed by atoms with Gasteiger partial charge in [0.15, 0.2) is 0 Å². The molecule has 3 rings (SSSR count). The van der Waals surface area contributed by atoms with E-state index < -0.39 is 0 Å². The number of nitrogens with zero attached hydrogens (tertiary/aromatic N) is 1. The lowest BCUT2D eigenvalue weighted by Crippen LogP contribution is -2.24. The van der Waals surface area contributed by atoms with Crippen LogP contribution in [-0.2, 0) is 11.3 Å². The summed E-state index contributed by atoms with van der Waals surface area (Å²) in [6.07, 6.45) is 3.88. The van der Waals surface area contributed by atoms with Gasteiger partial charge in [-0.25, -0.2) is 0 Å². The summed E-state index contributed by atoms with van der Waals surface area (Å²) in [7, 11) is 0. The number of carbonyl (C=O) groups is 1. The molecule has 0 radical (unpaired) electrons. The molecule has 1 heterocycles. The molecule has 2 aromatic rings. The van der Waals surface area contributed by atoms with Crippen molar-refractivity contribution in [2.24, 2.45) is 5.92 Å². The molecule has 1 N–H and O–H groups in total. The number of fused-ring (bicyclic) bond motifs is 1. The summed E-state index contributed by atoms with van der Waals surface area (Å²) < 4.78 is 0. The van der Waals surface area contributed by atoms with Crippen molar-refractivity contribution in [2.75, 3.05) is 0 Å². The van der Waals surface area contributed by atoms with Crippen LogP contribution in [0.15, 0.2) is 36.5 Å². The highest BCUT2D eigenvalue weighted by Crippen LogP contribution is 2.29. The molecule has 17 heavy (non-hydrogen) atoms. The second kappa shape index (κ2) is 4.17. The summed E-state index contributed by atoms with van der Waals surface area (Å²) in [6, 6.07) is 9.97. The second-order valence-electron chi connectivity index (χ2n) is 4.48. The third-order valence-electron chi connectivity index (χ3n) is 3.14. The maximum absolute atomic E-state index is 11.6. The number of hydrogen-bond acceptors (Lipinski definition) is 2. The Bertz CT molecular complexity index is 556. The molecule has 1 aliphatic rings. The van der Waals surface area contributed by atoms with E-state index in [0.717, 1.165) is 29.3 Å². The van der Waals surface area contributed by atoms with E-state index in [0.29, 0.717) is 6.54 Å². The zero-order valence-corrected chi connectivity index (χ0v) is 9.52. The Kier molecular flexibility index (Phi) is 2.52. The van der Waals surface area contributed by atoms with E-state index in [1.807, 2.05) is 30.3 Å². The van der Waals surface area contributed by atoms with Gasteiger partial charge in [-0.15, -0.1) is 0 Å². The molecule has 0 atom stereocenters. The van der Waals surface area contributed by atoms with Crippen molar-refractivity contribution < 1.29 is 4.79 Å². The van der Waals surface area contributed by atoms with Crippen molar-refractivity contribution in [3.05, 3.63) is 42.1 Å². The van der Waals surface area contributed by atoms with Gasteiger partial charge in [0.2, 0.25) is 5.91 Å². The van der Waals surface area contributed by atoms with Crippen molar-refractivity contribution in [3.8, 4) is 0 Å². The number of benzene rings is 1. The van der Waals surface area contributed by atoms with E-state index in [-0.39, 0.29) is 11.8 Å². The fourth-order valence-electron chi connectivity index (χ4n) is 1.98. The van der Waals surface area contributed by atoms with Crippen molar-refractivity contribution in [3.63, 3.8) is 0 Å². The summed E-state index contributed by atoms with van der Waals surface area (Å²) in [5, 5.41) is 4.10. The highest BCUT2D eigenvalue weighted by atomic mass is 16.2. The Labute approximate surface area is 99.9 Å². The molecule has 0 aliphatic heterocycles. The molecular formula is C14H14N2O. The fourth-order valence-corrected chi connectivity index (χ4v) is 1.98. The van der Waals surface area contributed by atoms with Gasteiger partial charge < -0.3 is 5.32 Å². The van der Waals surface area contributed by atoms with Gasteiger partial charge in [-0.1, -0.05) is 18.2 Å². The normalized spacial score (nSPS) is 14.8. The van der Waals surface area contributed by atoms with Crippen LogP contribution < -0.4 is 5.32 Å². The summed E-state index contributed by atoms with van der Waals surface area (Å²) in [6.45, 7) is 0.596. The van der Waals surface area contributed by atoms with Crippen LogP contribution in [0, 0.1) is 5.92 Å². The molecule has 0 bridgehead atoms. The minimum Gasteiger partial charge on any atom is -0.352 e. The average Bonchev–Trinajstić information content (AvgIpc) is 3.20. The number of hydrogen-bond donors (Lipinski definition) is 1. The molecule has 1 aromatic heterocycles. The van der Waals surface area contributed by atoms with Crippen molar-refractivity contribution in [1.82, 2.24) is 10.3 Å². The Morgan fingerprint density at radius 1 is 1.29 bits per heavy atom. The number of pyridine rings is 1. The Morgan fingerprint density at radius 2 is 2.12 bits per heavy atom. The van der Waals surface area contributed by atoms with Gasteiger partial charge in [0.25, 0.3) is 0 Å². The predicted molar refractivity (Wildman–Crippen MR) is 66.3 cm³/mol. The summed E-state index contributed by atoms with van der Waals surface area (Å²) in [5.74, 6) is 0.453. The van der Waals surface area contributed by atoms with Gasteiger partial charge >= 0.3 is 0 Å². The van der Waals surface area contributed by atoms with Crippen molar-refractivity contribution >= 4 is 16.8 Å². The maximum Gasteiger partial charge on any atom is 0.223 e. The van der Waals surface area contributed by atoms with E-state index in [1.165, 1.54) is 0 Å². The molecule has 86 valence electrons. The van der Waals surface area contributed by atoms with E-state index in [1.54, 1.807) is 6.20 Å². The van der Waals surface area contributed by atoms with E-state index >= 15 is 0 Å². The number of carbonyl (C=O) groups excluding carboxylic acids is 1. The predicted octanol–water partition coefficient (Wildman–Crippen LogP) is 2.26. The van der Waals surface area contributed by atoms with Gasteiger partial charge in [-0.2, -0.15) is 0 Å². The lowest BCUT2D eigenvalue weighted by atomic mass is 10.1. The lowest BCUT2D eigenvalue weighted by Gasteiger charge is -2.07. The van der Waals surface area contributed by atoms with Crippen LogP contribution in [0.4, 0.5) is 0 Å².